The van der Waals surface area contributed by atoms with E-state index in [4.69, 9.17) is 10.5 Å². The van der Waals surface area contributed by atoms with Crippen LogP contribution in [0.3, 0.4) is 0 Å². The van der Waals surface area contributed by atoms with Gasteiger partial charge in [0.15, 0.2) is 0 Å². The first kappa shape index (κ1) is 18.5. The summed E-state index contributed by atoms with van der Waals surface area (Å²) in [5, 5.41) is 3.54. The zero-order valence-electron chi connectivity index (χ0n) is 16.0. The van der Waals surface area contributed by atoms with E-state index in [2.05, 4.69) is 34.5 Å². The highest BCUT2D eigenvalue weighted by Gasteiger charge is 2.42. The first-order valence-corrected chi connectivity index (χ1v) is 9.60. The van der Waals surface area contributed by atoms with Gasteiger partial charge in [-0.05, 0) is 54.8 Å². The smallest absolute Gasteiger partial charge is 0.227 e. The number of nitrogens with one attached hydrogen (secondary N) is 1. The van der Waals surface area contributed by atoms with Gasteiger partial charge < -0.3 is 20.7 Å². The Morgan fingerprint density at radius 1 is 1.25 bits per heavy atom. The summed E-state index contributed by atoms with van der Waals surface area (Å²) < 4.78 is 5.45. The fraction of sp³-hybridized carbons (Fsp3) is 0.364. The molecule has 6 heteroatoms. The minimum atomic E-state index is -0.848. The molecule has 0 radical (unpaired) electrons. The van der Waals surface area contributed by atoms with Crippen LogP contribution in [0.5, 0.6) is 0 Å². The molecule has 1 fully saturated rings. The number of nitrogens with zero attached hydrogens (tertiary/aromatic N) is 1. The predicted molar refractivity (Wildman–Crippen MR) is 109 cm³/mol. The molecule has 2 aromatic carbocycles. The molecule has 0 aromatic heterocycles. The normalized spacial score (nSPS) is 24.2. The number of aldehydes is 1. The van der Waals surface area contributed by atoms with Gasteiger partial charge in [0.1, 0.15) is 6.29 Å². The first-order chi connectivity index (χ1) is 13.5. The van der Waals surface area contributed by atoms with Crippen molar-refractivity contribution in [3.05, 3.63) is 59.2 Å². The van der Waals surface area contributed by atoms with Gasteiger partial charge in [0.25, 0.3) is 0 Å². The summed E-state index contributed by atoms with van der Waals surface area (Å²) in [4.78, 5) is 25.9. The minimum absolute atomic E-state index is 0.0481. The fourth-order valence-corrected chi connectivity index (χ4v) is 4.17. The highest BCUT2D eigenvalue weighted by molar-refractivity contribution is 5.90. The number of carbonyl (C=O) groups is 2. The number of nitrogens with two attached hydrogens (primary N) is 1. The van der Waals surface area contributed by atoms with Crippen LogP contribution in [0, 0.1) is 0 Å². The second kappa shape index (κ2) is 7.28. The van der Waals surface area contributed by atoms with Crippen LogP contribution in [0.4, 0.5) is 11.4 Å². The molecule has 2 heterocycles. The largest absolute Gasteiger partial charge is 0.378 e. The number of fused-ring (bicyclic) bond motifs is 1. The summed E-state index contributed by atoms with van der Waals surface area (Å²) in [5.41, 5.74) is 9.41. The number of ether oxygens (including phenoxy) is 1. The van der Waals surface area contributed by atoms with Crippen molar-refractivity contribution < 1.29 is 14.3 Å². The highest BCUT2D eigenvalue weighted by atomic mass is 16.5. The Hall–Kier alpha value is -2.86. The summed E-state index contributed by atoms with van der Waals surface area (Å²) >= 11 is 0. The zero-order valence-corrected chi connectivity index (χ0v) is 16.0. The van der Waals surface area contributed by atoms with E-state index in [1.54, 1.807) is 12.1 Å². The van der Waals surface area contributed by atoms with E-state index in [9.17, 15) is 9.59 Å². The van der Waals surface area contributed by atoms with Crippen LogP contribution in [-0.4, -0.2) is 38.5 Å². The second-order valence-electron chi connectivity index (χ2n) is 7.71. The second-order valence-corrected chi connectivity index (χ2v) is 7.71. The predicted octanol–water partition coefficient (Wildman–Crippen LogP) is 2.64. The van der Waals surface area contributed by atoms with Gasteiger partial charge in [0.05, 0.1) is 24.7 Å². The highest BCUT2D eigenvalue weighted by Crippen LogP contribution is 2.44. The van der Waals surface area contributed by atoms with Crippen LogP contribution < -0.4 is 16.0 Å². The van der Waals surface area contributed by atoms with Crippen molar-refractivity contribution in [2.45, 2.75) is 24.8 Å². The Balaban J connectivity index is 1.70. The summed E-state index contributed by atoms with van der Waals surface area (Å²) in [6.07, 6.45) is 1.32. The van der Waals surface area contributed by atoms with Crippen molar-refractivity contribution in [1.29, 1.82) is 0 Å². The van der Waals surface area contributed by atoms with Gasteiger partial charge in [-0.1, -0.05) is 12.1 Å². The molecule has 3 N–H and O–H groups in total. The molecule has 28 heavy (non-hydrogen) atoms. The zero-order chi connectivity index (χ0) is 19.7. The lowest BCUT2D eigenvalue weighted by Gasteiger charge is -2.39. The average molecular weight is 379 g/mol. The molecule has 0 spiro atoms. The third kappa shape index (κ3) is 3.24. The van der Waals surface area contributed by atoms with Gasteiger partial charge in [0.2, 0.25) is 5.91 Å². The van der Waals surface area contributed by atoms with E-state index in [1.807, 2.05) is 13.0 Å². The molecule has 6 nitrogen and oxygen atoms in total. The number of anilines is 2. The first-order valence-electron chi connectivity index (χ1n) is 9.60. The molecule has 0 aliphatic carbocycles. The van der Waals surface area contributed by atoms with Gasteiger partial charge >= 0.3 is 0 Å². The Kier molecular flexibility index (Phi) is 4.81. The van der Waals surface area contributed by atoms with Crippen LogP contribution in [-0.2, 0) is 14.9 Å². The van der Waals surface area contributed by atoms with Crippen molar-refractivity contribution >= 4 is 23.6 Å². The van der Waals surface area contributed by atoms with Crippen LogP contribution in [0.25, 0.3) is 0 Å². The quantitative estimate of drug-likeness (QED) is 0.798. The monoisotopic (exact) mass is 379 g/mol. The molecule has 4 rings (SSSR count). The summed E-state index contributed by atoms with van der Waals surface area (Å²) in [6, 6.07) is 13.7. The minimum Gasteiger partial charge on any atom is -0.378 e. The maximum absolute atomic E-state index is 12.4. The lowest BCUT2D eigenvalue weighted by Crippen LogP contribution is -2.44. The number of amides is 1. The van der Waals surface area contributed by atoms with Crippen molar-refractivity contribution in [1.82, 2.24) is 0 Å². The van der Waals surface area contributed by atoms with Crippen LogP contribution in [0.1, 0.15) is 40.9 Å². The molecule has 1 saturated heterocycles. The third-order valence-electron chi connectivity index (χ3n) is 5.91. The molecule has 2 atom stereocenters. The summed E-state index contributed by atoms with van der Waals surface area (Å²) in [5.74, 6) is -0.382. The molecule has 2 aliphatic heterocycles. The lowest BCUT2D eigenvalue weighted by molar-refractivity contribution is -0.123. The number of primary amides is 1. The van der Waals surface area contributed by atoms with E-state index < -0.39 is 5.41 Å². The van der Waals surface area contributed by atoms with Crippen LogP contribution >= 0.6 is 0 Å². The SMILES string of the molecule is CC1(C(N)=O)CC(c2cccc(N3CCOCC3)c2)Nc2ccc(C=O)cc21. The molecule has 146 valence electrons. The topological polar surface area (TPSA) is 84.7 Å². The van der Waals surface area contributed by atoms with Gasteiger partial charge in [-0.15, -0.1) is 0 Å². The van der Waals surface area contributed by atoms with Crippen molar-refractivity contribution in [2.24, 2.45) is 5.73 Å². The Bertz CT molecular complexity index is 908. The molecule has 2 aromatic rings. The van der Waals surface area contributed by atoms with Crippen molar-refractivity contribution in [3.63, 3.8) is 0 Å². The molecular formula is C22H25N3O3. The van der Waals surface area contributed by atoms with E-state index in [-0.39, 0.29) is 11.9 Å². The average Bonchev–Trinajstić information content (AvgIpc) is 2.74. The van der Waals surface area contributed by atoms with Gasteiger partial charge in [-0.2, -0.15) is 0 Å². The summed E-state index contributed by atoms with van der Waals surface area (Å²) in [7, 11) is 0. The maximum atomic E-state index is 12.4. The number of hydrogen-bond donors (Lipinski definition) is 2. The molecule has 1 amide bonds. The lowest BCUT2D eigenvalue weighted by atomic mass is 9.71. The summed E-state index contributed by atoms with van der Waals surface area (Å²) in [6.45, 7) is 5.08. The van der Waals surface area contributed by atoms with E-state index >= 15 is 0 Å². The standard InChI is InChI=1S/C22H25N3O3/c1-22(21(23)27)13-20(24-19-6-5-15(14-26)11-18(19)22)16-3-2-4-17(12-16)25-7-9-28-10-8-25/h2-6,11-12,14,20,24H,7-10,13H2,1H3,(H2,23,27). The fourth-order valence-electron chi connectivity index (χ4n) is 4.17. The number of hydrogen-bond acceptors (Lipinski definition) is 5. The van der Waals surface area contributed by atoms with Gasteiger partial charge in [0, 0.05) is 30.0 Å². The van der Waals surface area contributed by atoms with E-state index in [1.165, 1.54) is 0 Å². The number of rotatable bonds is 4. The molecule has 0 saturated carbocycles. The van der Waals surface area contributed by atoms with Gasteiger partial charge in [-0.25, -0.2) is 0 Å². The van der Waals surface area contributed by atoms with E-state index in [0.717, 1.165) is 55.1 Å². The molecule has 0 bridgehead atoms. The van der Waals surface area contributed by atoms with E-state index in [0.29, 0.717) is 12.0 Å². The number of benzene rings is 2. The van der Waals surface area contributed by atoms with Crippen LogP contribution in [0.2, 0.25) is 0 Å². The maximum Gasteiger partial charge on any atom is 0.227 e. The number of carbonyl (C=O) groups excluding carboxylic acids is 2. The molecule has 2 unspecified atom stereocenters. The number of morpholine rings is 1. The molecular weight excluding hydrogens is 354 g/mol. The Morgan fingerprint density at radius 3 is 2.75 bits per heavy atom. The third-order valence-corrected chi connectivity index (χ3v) is 5.91. The Labute approximate surface area is 164 Å². The van der Waals surface area contributed by atoms with Crippen molar-refractivity contribution in [3.8, 4) is 0 Å². The van der Waals surface area contributed by atoms with Crippen LogP contribution in [0.15, 0.2) is 42.5 Å². The van der Waals surface area contributed by atoms with Crippen molar-refractivity contribution in [2.75, 3.05) is 36.5 Å². The molecule has 2 aliphatic rings. The Morgan fingerprint density at radius 2 is 2.04 bits per heavy atom. The van der Waals surface area contributed by atoms with Gasteiger partial charge in [-0.3, -0.25) is 9.59 Å².